The normalized spacial score (nSPS) is 25.1. The van der Waals surface area contributed by atoms with E-state index in [2.05, 4.69) is 46.6 Å². The first-order valence-electron chi connectivity index (χ1n) is 18.2. The van der Waals surface area contributed by atoms with E-state index in [0.29, 0.717) is 41.3 Å². The van der Waals surface area contributed by atoms with Crippen LogP contribution in [0.15, 0.2) is 79.1 Å². The van der Waals surface area contributed by atoms with Gasteiger partial charge >= 0.3 is 0 Å². The van der Waals surface area contributed by atoms with Crippen molar-refractivity contribution in [1.82, 2.24) is 25.1 Å². The van der Waals surface area contributed by atoms with Crippen LogP contribution in [0.1, 0.15) is 77.2 Å². The Morgan fingerprint density at radius 1 is 0.870 bits per heavy atom. The maximum absolute atomic E-state index is 13.2. The molecule has 0 unspecified atom stereocenters. The highest BCUT2D eigenvalue weighted by atomic mass is 19.3. The molecule has 4 aliphatic rings. The van der Waals surface area contributed by atoms with E-state index in [4.69, 9.17) is 9.47 Å². The molecule has 3 atom stereocenters. The number of benzene rings is 3. The van der Waals surface area contributed by atoms with Crippen molar-refractivity contribution in [2.24, 2.45) is 0 Å². The average Bonchev–Trinajstić information content (AvgIpc) is 3.36. The van der Waals surface area contributed by atoms with Crippen LogP contribution in [-0.2, 0) is 12.0 Å². The summed E-state index contributed by atoms with van der Waals surface area (Å²) in [7, 11) is 0. The second-order valence-electron chi connectivity index (χ2n) is 15.2. The summed E-state index contributed by atoms with van der Waals surface area (Å²) in [5, 5.41) is 26.2. The molecule has 3 fully saturated rings. The number of halogens is 2. The number of hydrogen-bond acceptors (Lipinski definition) is 11. The fraction of sp³-hybridized carbons (Fsp3) is 0.400. The first-order valence-corrected chi connectivity index (χ1v) is 18.2. The summed E-state index contributed by atoms with van der Waals surface area (Å²) in [5.41, 5.74) is 3.28. The minimum absolute atomic E-state index is 0.0350. The number of piperidine rings is 1. The third-order valence-electron chi connectivity index (χ3n) is 10.8. The Hall–Kier alpha value is -5.02. The first-order chi connectivity index (χ1) is 25.8. The number of aliphatic hydroxyl groups is 2. The predicted octanol–water partition coefficient (Wildman–Crippen LogP) is 5.05. The molecule has 0 bridgehead atoms. The zero-order valence-corrected chi connectivity index (χ0v) is 29.9. The lowest BCUT2D eigenvalue weighted by atomic mass is 9.78. The molecule has 0 spiro atoms. The number of imide groups is 1. The van der Waals surface area contributed by atoms with E-state index in [1.165, 1.54) is 0 Å². The quantitative estimate of drug-likeness (QED) is 0.153. The Morgan fingerprint density at radius 3 is 2.13 bits per heavy atom. The van der Waals surface area contributed by atoms with Crippen LogP contribution in [0.3, 0.4) is 0 Å². The number of amides is 2. The molecule has 14 heteroatoms. The van der Waals surface area contributed by atoms with Crippen LogP contribution in [-0.4, -0.2) is 91.5 Å². The van der Waals surface area contributed by atoms with E-state index in [1.807, 2.05) is 36.4 Å². The molecule has 54 heavy (non-hydrogen) atoms. The molecule has 2 saturated heterocycles. The van der Waals surface area contributed by atoms with Crippen molar-refractivity contribution in [3.05, 3.63) is 107 Å². The average molecular weight is 741 g/mol. The molecule has 282 valence electrons. The van der Waals surface area contributed by atoms with E-state index in [1.54, 1.807) is 35.5 Å². The molecule has 4 N–H and O–H groups in total. The Balaban J connectivity index is 0.810. The monoisotopic (exact) mass is 740 g/mol. The molecule has 3 aliphatic heterocycles. The third kappa shape index (κ3) is 7.26. The fourth-order valence-corrected chi connectivity index (χ4v) is 7.60. The minimum Gasteiger partial charge on any atom is -0.490 e. The number of carbonyl (C=O) groups excluding carboxylic acids is 2. The lowest BCUT2D eigenvalue weighted by Gasteiger charge is -2.38. The van der Waals surface area contributed by atoms with Crippen molar-refractivity contribution >= 4 is 17.5 Å². The summed E-state index contributed by atoms with van der Waals surface area (Å²) in [5.74, 6) is -1.15. The Kier molecular flexibility index (Phi) is 9.33. The molecule has 1 aliphatic carbocycles. The molecular formula is C40H42F2N6O6. The molecule has 4 heterocycles. The predicted molar refractivity (Wildman–Crippen MR) is 194 cm³/mol. The fourth-order valence-electron chi connectivity index (χ4n) is 7.60. The minimum atomic E-state index is -2.62. The van der Waals surface area contributed by atoms with Crippen LogP contribution >= 0.6 is 0 Å². The van der Waals surface area contributed by atoms with Gasteiger partial charge in [0.2, 0.25) is 0 Å². The van der Waals surface area contributed by atoms with Gasteiger partial charge in [0, 0.05) is 30.0 Å². The SMILES string of the molecule is CC(C)(c1ccc(Oc2cnc(CN3CC(F)(F)C3)nc2)cc1)c1ccc(OC2CC(Nc3ccc4c(c3)C(=O)N([C@@H]3CC[C@@H](O)N[C@@H]3O)C4=O)C2)cc1. The van der Waals surface area contributed by atoms with Crippen molar-refractivity contribution in [3.63, 3.8) is 0 Å². The number of nitrogens with one attached hydrogen (secondary N) is 2. The maximum Gasteiger partial charge on any atom is 0.272 e. The number of carbonyl (C=O) groups is 2. The molecule has 12 nitrogen and oxygen atoms in total. The molecule has 0 radical (unpaired) electrons. The Morgan fingerprint density at radius 2 is 1.50 bits per heavy atom. The van der Waals surface area contributed by atoms with Gasteiger partial charge in [0.1, 0.15) is 35.9 Å². The van der Waals surface area contributed by atoms with Crippen LogP contribution in [0.25, 0.3) is 0 Å². The second-order valence-corrected chi connectivity index (χ2v) is 15.2. The van der Waals surface area contributed by atoms with Crippen molar-refractivity contribution < 1.29 is 38.1 Å². The van der Waals surface area contributed by atoms with Gasteiger partial charge in [-0.15, -0.1) is 0 Å². The standard InChI is InChI=1S/C40H42F2N6O6/c1-39(2,24-5-10-28(11-6-24)54-30-18-43-34(44-19-30)20-47-21-40(41,42)22-47)23-3-8-27(9-4-23)53-29-15-26(16-29)45-25-7-12-31-32(17-25)38(52)48(37(31)51)33-13-14-35(49)46-36(33)50/h3-12,17-19,26,29,33,35-36,45-46,49-50H,13-16,20-22H2,1-2H3/t26?,29?,33-,35-,36-/m1/s1. The number of anilines is 1. The maximum atomic E-state index is 13.2. The number of ether oxygens (including phenoxy) is 2. The van der Waals surface area contributed by atoms with Crippen LogP contribution in [0, 0.1) is 0 Å². The highest BCUT2D eigenvalue weighted by Crippen LogP contribution is 2.36. The van der Waals surface area contributed by atoms with E-state index in [9.17, 15) is 28.6 Å². The number of fused-ring (bicyclic) bond motifs is 1. The Labute approximate surface area is 311 Å². The van der Waals surface area contributed by atoms with Gasteiger partial charge in [0.15, 0.2) is 5.75 Å². The molecule has 1 aromatic heterocycles. The van der Waals surface area contributed by atoms with E-state index >= 15 is 0 Å². The van der Waals surface area contributed by atoms with Gasteiger partial charge in [-0.25, -0.2) is 18.7 Å². The highest BCUT2D eigenvalue weighted by molar-refractivity contribution is 6.22. The van der Waals surface area contributed by atoms with Gasteiger partial charge in [-0.1, -0.05) is 38.1 Å². The molecule has 3 aromatic carbocycles. The molecule has 4 aromatic rings. The van der Waals surface area contributed by atoms with Gasteiger partial charge in [0.05, 0.1) is 49.2 Å². The van der Waals surface area contributed by atoms with Crippen LogP contribution < -0.4 is 20.1 Å². The van der Waals surface area contributed by atoms with Gasteiger partial charge < -0.3 is 25.0 Å². The van der Waals surface area contributed by atoms with Crippen molar-refractivity contribution in [3.8, 4) is 17.2 Å². The van der Waals surface area contributed by atoms with Gasteiger partial charge in [-0.3, -0.25) is 24.7 Å². The number of aromatic nitrogens is 2. The number of alkyl halides is 2. The lowest BCUT2D eigenvalue weighted by molar-refractivity contribution is -0.134. The van der Waals surface area contributed by atoms with Gasteiger partial charge in [-0.05, 0) is 66.4 Å². The second kappa shape index (κ2) is 14.0. The van der Waals surface area contributed by atoms with Crippen LogP contribution in [0.5, 0.6) is 17.2 Å². The summed E-state index contributed by atoms with van der Waals surface area (Å²) < 4.78 is 38.4. The zero-order chi connectivity index (χ0) is 37.8. The van der Waals surface area contributed by atoms with Crippen molar-refractivity contribution in [1.29, 1.82) is 0 Å². The summed E-state index contributed by atoms with van der Waals surface area (Å²) >= 11 is 0. The smallest absolute Gasteiger partial charge is 0.272 e. The first kappa shape index (κ1) is 36.0. The molecule has 1 saturated carbocycles. The number of likely N-dealkylation sites (tertiary alicyclic amines) is 1. The molecular weight excluding hydrogens is 698 g/mol. The summed E-state index contributed by atoms with van der Waals surface area (Å²) in [6.07, 6.45) is 3.26. The third-order valence-corrected chi connectivity index (χ3v) is 10.8. The Bertz CT molecular complexity index is 2020. The summed E-state index contributed by atoms with van der Waals surface area (Å²) in [4.78, 5) is 37.5. The van der Waals surface area contributed by atoms with Crippen LogP contribution in [0.2, 0.25) is 0 Å². The van der Waals surface area contributed by atoms with E-state index in [0.717, 1.165) is 40.3 Å². The lowest BCUT2D eigenvalue weighted by Crippen LogP contribution is -2.58. The topological polar surface area (TPSA) is 149 Å². The van der Waals surface area contributed by atoms with E-state index in [-0.39, 0.29) is 37.2 Å². The van der Waals surface area contributed by atoms with Crippen LogP contribution in [0.4, 0.5) is 14.5 Å². The molecule has 2 amide bonds. The number of hydrogen-bond donors (Lipinski definition) is 4. The van der Waals surface area contributed by atoms with Crippen molar-refractivity contribution in [2.45, 2.75) is 88.1 Å². The van der Waals surface area contributed by atoms with Gasteiger partial charge in [-0.2, -0.15) is 0 Å². The summed E-state index contributed by atoms with van der Waals surface area (Å²) in [6, 6.07) is 20.5. The zero-order valence-electron chi connectivity index (χ0n) is 29.9. The van der Waals surface area contributed by atoms with E-state index < -0.39 is 36.2 Å². The largest absolute Gasteiger partial charge is 0.490 e. The number of rotatable bonds is 11. The number of nitrogens with zero attached hydrogens (tertiary/aromatic N) is 4. The molecule has 8 rings (SSSR count). The summed E-state index contributed by atoms with van der Waals surface area (Å²) in [6.45, 7) is 4.05. The number of aliphatic hydroxyl groups excluding tert-OH is 2. The van der Waals surface area contributed by atoms with Gasteiger partial charge in [0.25, 0.3) is 17.7 Å². The highest BCUT2D eigenvalue weighted by Gasteiger charge is 2.45. The van der Waals surface area contributed by atoms with Crippen molar-refractivity contribution in [2.75, 3.05) is 18.4 Å².